The second-order valence-electron chi connectivity index (χ2n) is 9.29. The number of sulfonamides is 1. The van der Waals surface area contributed by atoms with Gasteiger partial charge < -0.3 is 15.5 Å². The molecule has 14 heteroatoms. The van der Waals surface area contributed by atoms with Gasteiger partial charge in [0.1, 0.15) is 17.0 Å². The van der Waals surface area contributed by atoms with E-state index in [1.807, 2.05) is 0 Å². The molecule has 1 amide bonds. The molecule has 1 atom stereocenters. The number of alkyl halides is 2. The number of para-hydroxylation sites is 1. The molecule has 11 nitrogen and oxygen atoms in total. The maximum absolute atomic E-state index is 13.5. The van der Waals surface area contributed by atoms with E-state index < -0.39 is 28.8 Å². The van der Waals surface area contributed by atoms with Crippen LogP contribution in [-0.4, -0.2) is 83.5 Å². The molecule has 5 rings (SSSR count). The molecule has 0 bridgehead atoms. The summed E-state index contributed by atoms with van der Waals surface area (Å²) in [5, 5.41) is 13.6. The minimum atomic E-state index is -3.99. The van der Waals surface area contributed by atoms with Crippen LogP contribution in [0.2, 0.25) is 0 Å². The molecule has 2 fully saturated rings. The van der Waals surface area contributed by atoms with Crippen LogP contribution in [0.3, 0.4) is 0 Å². The van der Waals surface area contributed by atoms with Crippen LogP contribution >= 0.6 is 0 Å². The lowest BCUT2D eigenvalue weighted by atomic mass is 10.1. The van der Waals surface area contributed by atoms with Gasteiger partial charge in [0.05, 0.1) is 23.8 Å². The molecule has 0 unspecified atom stereocenters. The van der Waals surface area contributed by atoms with E-state index >= 15 is 0 Å². The number of fused-ring (bicyclic) bond motifs is 1. The van der Waals surface area contributed by atoms with Gasteiger partial charge in [0, 0.05) is 45.1 Å². The number of aromatic amines is 1. The third-order valence-electron chi connectivity index (χ3n) is 6.71. The molecule has 0 radical (unpaired) electrons. The number of amides is 1. The molecule has 2 aromatic heterocycles. The molecule has 0 aliphatic carbocycles. The number of anilines is 2. The Morgan fingerprint density at radius 3 is 2.76 bits per heavy atom. The number of carbonyl (C=O) groups excluding carboxylic acids is 1. The average molecular weight is 535 g/mol. The Bertz CT molecular complexity index is 1370. The first-order valence-corrected chi connectivity index (χ1v) is 13.6. The number of rotatable bonds is 7. The van der Waals surface area contributed by atoms with Crippen LogP contribution < -0.4 is 15.5 Å². The second-order valence-corrected chi connectivity index (χ2v) is 11.2. The Balaban J connectivity index is 1.20. The molecule has 0 spiro atoms. The number of aromatic nitrogens is 4. The quantitative estimate of drug-likeness (QED) is 0.419. The minimum absolute atomic E-state index is 0.0373. The van der Waals surface area contributed by atoms with Crippen molar-refractivity contribution in [2.45, 2.75) is 42.5 Å². The molecule has 3 aromatic rings. The van der Waals surface area contributed by atoms with Gasteiger partial charge in [-0.25, -0.2) is 27.2 Å². The summed E-state index contributed by atoms with van der Waals surface area (Å²) >= 11 is 0. The van der Waals surface area contributed by atoms with Crippen molar-refractivity contribution < 1.29 is 22.0 Å². The standard InChI is InChI=1S/C23H28F2N8O3S/c24-23(25)7-10-33(11-8-23)37(35,36)19-6-2-1-5-18(19)26-13-20(34)30-16-4-3-9-32(14-16)22-17-12-29-31-21(17)27-15-28-22/h1-2,5-6,12,15-16,26H,3-4,7-11,13-14H2,(H,30,34)(H,27,28,29,31)/t16-/m1/s1. The van der Waals surface area contributed by atoms with Crippen molar-refractivity contribution in [1.29, 1.82) is 0 Å². The lowest BCUT2D eigenvalue weighted by Crippen LogP contribution is -2.49. The summed E-state index contributed by atoms with van der Waals surface area (Å²) in [7, 11) is -3.99. The van der Waals surface area contributed by atoms with E-state index in [1.165, 1.54) is 12.4 Å². The fourth-order valence-electron chi connectivity index (χ4n) is 4.78. The maximum Gasteiger partial charge on any atom is 0.250 e. The molecule has 1 aromatic carbocycles. The Kier molecular flexibility index (Phi) is 6.94. The summed E-state index contributed by atoms with van der Waals surface area (Å²) in [4.78, 5) is 23.4. The van der Waals surface area contributed by atoms with E-state index in [4.69, 9.17) is 0 Å². The lowest BCUT2D eigenvalue weighted by molar-refractivity contribution is -0.120. The van der Waals surface area contributed by atoms with Gasteiger partial charge in [-0.3, -0.25) is 9.89 Å². The van der Waals surface area contributed by atoms with Crippen molar-refractivity contribution in [1.82, 2.24) is 29.8 Å². The highest BCUT2D eigenvalue weighted by Gasteiger charge is 2.39. The van der Waals surface area contributed by atoms with E-state index in [0.29, 0.717) is 12.2 Å². The zero-order valence-corrected chi connectivity index (χ0v) is 20.8. The van der Waals surface area contributed by atoms with Crippen molar-refractivity contribution in [3.63, 3.8) is 0 Å². The molecule has 198 valence electrons. The van der Waals surface area contributed by atoms with Crippen molar-refractivity contribution in [2.75, 3.05) is 42.9 Å². The van der Waals surface area contributed by atoms with E-state index in [9.17, 15) is 22.0 Å². The van der Waals surface area contributed by atoms with E-state index in [-0.39, 0.29) is 42.2 Å². The van der Waals surface area contributed by atoms with Crippen molar-refractivity contribution >= 4 is 38.5 Å². The molecule has 4 heterocycles. The van der Waals surface area contributed by atoms with Gasteiger partial charge in [0.15, 0.2) is 5.65 Å². The van der Waals surface area contributed by atoms with Crippen LogP contribution in [0.5, 0.6) is 0 Å². The van der Waals surface area contributed by atoms with Crippen LogP contribution in [0.1, 0.15) is 25.7 Å². The van der Waals surface area contributed by atoms with Crippen LogP contribution in [0.15, 0.2) is 41.7 Å². The Hall–Kier alpha value is -3.39. The normalized spacial score (nSPS) is 20.6. The highest BCUT2D eigenvalue weighted by Crippen LogP contribution is 2.32. The Labute approximate surface area is 212 Å². The molecule has 2 saturated heterocycles. The van der Waals surface area contributed by atoms with Crippen molar-refractivity contribution in [2.24, 2.45) is 0 Å². The Morgan fingerprint density at radius 2 is 1.95 bits per heavy atom. The third kappa shape index (κ3) is 5.49. The smallest absolute Gasteiger partial charge is 0.250 e. The number of benzene rings is 1. The van der Waals surface area contributed by atoms with Gasteiger partial charge in [-0.15, -0.1) is 0 Å². The molecule has 0 saturated carbocycles. The fraction of sp³-hybridized carbons (Fsp3) is 0.478. The number of carbonyl (C=O) groups is 1. The first kappa shape index (κ1) is 25.3. The zero-order chi connectivity index (χ0) is 26.0. The van der Waals surface area contributed by atoms with Crippen molar-refractivity contribution in [3.8, 4) is 0 Å². The maximum atomic E-state index is 13.5. The predicted octanol–water partition coefficient (Wildman–Crippen LogP) is 1.97. The number of H-pyrrole nitrogens is 1. The summed E-state index contributed by atoms with van der Waals surface area (Å²) in [5.41, 5.74) is 0.899. The van der Waals surface area contributed by atoms with Crippen molar-refractivity contribution in [3.05, 3.63) is 36.8 Å². The van der Waals surface area contributed by atoms with Crippen LogP contribution in [0.4, 0.5) is 20.3 Å². The molecular formula is C23H28F2N8O3S. The fourth-order valence-corrected chi connectivity index (χ4v) is 6.39. The van der Waals surface area contributed by atoms with Crippen LogP contribution in [0, 0.1) is 0 Å². The summed E-state index contributed by atoms with van der Waals surface area (Å²) in [6.45, 7) is 0.712. The molecule has 37 heavy (non-hydrogen) atoms. The number of piperidine rings is 2. The topological polar surface area (TPSA) is 136 Å². The van der Waals surface area contributed by atoms with E-state index in [0.717, 1.165) is 34.9 Å². The summed E-state index contributed by atoms with van der Waals surface area (Å²) < 4.78 is 54.4. The lowest BCUT2D eigenvalue weighted by Gasteiger charge is -2.34. The number of nitrogens with zero attached hydrogens (tertiary/aromatic N) is 5. The zero-order valence-electron chi connectivity index (χ0n) is 20.0. The molecular weight excluding hydrogens is 506 g/mol. The highest BCUT2D eigenvalue weighted by molar-refractivity contribution is 7.89. The Morgan fingerprint density at radius 1 is 1.16 bits per heavy atom. The average Bonchev–Trinajstić information content (AvgIpc) is 3.37. The number of hydrogen-bond donors (Lipinski definition) is 3. The van der Waals surface area contributed by atoms with Crippen LogP contribution in [0.25, 0.3) is 11.0 Å². The van der Waals surface area contributed by atoms with E-state index in [1.54, 1.807) is 24.4 Å². The largest absolute Gasteiger partial charge is 0.375 e. The van der Waals surface area contributed by atoms with Gasteiger partial charge in [-0.2, -0.15) is 9.40 Å². The number of hydrogen-bond acceptors (Lipinski definition) is 8. The summed E-state index contributed by atoms with van der Waals surface area (Å²) in [6, 6.07) is 6.08. The van der Waals surface area contributed by atoms with Gasteiger partial charge in [-0.1, -0.05) is 12.1 Å². The number of nitrogens with one attached hydrogen (secondary N) is 3. The van der Waals surface area contributed by atoms with Gasteiger partial charge in [0.25, 0.3) is 5.92 Å². The van der Waals surface area contributed by atoms with Gasteiger partial charge >= 0.3 is 0 Å². The molecule has 2 aliphatic rings. The highest BCUT2D eigenvalue weighted by atomic mass is 32.2. The summed E-state index contributed by atoms with van der Waals surface area (Å²) in [6.07, 6.45) is 3.79. The first-order chi connectivity index (χ1) is 17.7. The van der Waals surface area contributed by atoms with Gasteiger partial charge in [-0.05, 0) is 25.0 Å². The monoisotopic (exact) mass is 534 g/mol. The first-order valence-electron chi connectivity index (χ1n) is 12.1. The van der Waals surface area contributed by atoms with E-state index in [2.05, 4.69) is 35.7 Å². The third-order valence-corrected chi connectivity index (χ3v) is 8.67. The molecule has 2 aliphatic heterocycles. The molecule has 3 N–H and O–H groups in total. The SMILES string of the molecule is O=C(CNc1ccccc1S(=O)(=O)N1CCC(F)(F)CC1)N[C@@H]1CCCN(c2ncnc3[nH]ncc23)C1. The van der Waals surface area contributed by atoms with Crippen LogP contribution in [-0.2, 0) is 14.8 Å². The second kappa shape index (κ2) is 10.2. The minimum Gasteiger partial charge on any atom is -0.375 e. The summed E-state index contributed by atoms with van der Waals surface area (Å²) in [5.74, 6) is -2.38. The van der Waals surface area contributed by atoms with Gasteiger partial charge in [0.2, 0.25) is 15.9 Å². The number of halogens is 2. The predicted molar refractivity (Wildman–Crippen MR) is 133 cm³/mol.